The van der Waals surface area contributed by atoms with E-state index in [4.69, 9.17) is 10.6 Å². The number of nitrogens with one attached hydrogen (secondary N) is 1. The van der Waals surface area contributed by atoms with Crippen LogP contribution in [-0.4, -0.2) is 18.8 Å². The number of hydrogen-bond acceptors (Lipinski definition) is 3. The molecule has 3 rings (SSSR count). The van der Waals surface area contributed by atoms with E-state index < -0.39 is 0 Å². The van der Waals surface area contributed by atoms with Crippen LogP contribution in [0.3, 0.4) is 0 Å². The molecule has 3 nitrogen and oxygen atoms in total. The maximum absolute atomic E-state index is 5.88. The number of rotatable bonds is 4. The molecular weight excluding hydrogens is 212 g/mol. The van der Waals surface area contributed by atoms with Crippen molar-refractivity contribution in [1.82, 2.24) is 5.43 Å². The Bertz CT molecular complexity index is 253. The molecule has 3 aliphatic rings. The molecule has 1 saturated heterocycles. The number of fused-ring (bicyclic) bond motifs is 2. The van der Waals surface area contributed by atoms with E-state index in [2.05, 4.69) is 5.43 Å². The van der Waals surface area contributed by atoms with Gasteiger partial charge in [-0.2, -0.15) is 0 Å². The molecule has 98 valence electrons. The highest BCUT2D eigenvalue weighted by atomic mass is 16.5. The smallest absolute Gasteiger partial charge is 0.0741 e. The van der Waals surface area contributed by atoms with Gasteiger partial charge < -0.3 is 4.74 Å². The van der Waals surface area contributed by atoms with Gasteiger partial charge in [-0.3, -0.25) is 11.3 Å². The summed E-state index contributed by atoms with van der Waals surface area (Å²) in [6.07, 6.45) is 11.2. The molecule has 0 aromatic heterocycles. The van der Waals surface area contributed by atoms with Gasteiger partial charge >= 0.3 is 0 Å². The van der Waals surface area contributed by atoms with Crippen LogP contribution in [0.5, 0.6) is 0 Å². The van der Waals surface area contributed by atoms with Crippen LogP contribution in [0.15, 0.2) is 0 Å². The summed E-state index contributed by atoms with van der Waals surface area (Å²) < 4.78 is 5.88. The second-order valence-corrected chi connectivity index (χ2v) is 6.35. The summed E-state index contributed by atoms with van der Waals surface area (Å²) in [7, 11) is 0. The molecule has 0 aromatic carbocycles. The first kappa shape index (κ1) is 11.9. The van der Waals surface area contributed by atoms with E-state index in [0.717, 1.165) is 24.4 Å². The van der Waals surface area contributed by atoms with Gasteiger partial charge in [0.15, 0.2) is 0 Å². The Hall–Kier alpha value is -0.120. The fourth-order valence-corrected chi connectivity index (χ4v) is 4.40. The van der Waals surface area contributed by atoms with Gasteiger partial charge in [-0.05, 0) is 62.7 Å². The van der Waals surface area contributed by atoms with E-state index in [9.17, 15) is 0 Å². The monoisotopic (exact) mass is 238 g/mol. The third kappa shape index (κ3) is 2.51. The number of nitrogens with two attached hydrogens (primary N) is 1. The molecule has 2 saturated carbocycles. The van der Waals surface area contributed by atoms with Crippen LogP contribution in [0.2, 0.25) is 0 Å². The lowest BCUT2D eigenvalue weighted by atomic mass is 9.82. The fourth-order valence-electron chi connectivity index (χ4n) is 4.40. The molecule has 1 heterocycles. The van der Waals surface area contributed by atoms with Gasteiger partial charge in [0.1, 0.15) is 0 Å². The van der Waals surface area contributed by atoms with Crippen molar-refractivity contribution < 1.29 is 4.74 Å². The second-order valence-electron chi connectivity index (χ2n) is 6.35. The van der Waals surface area contributed by atoms with Crippen molar-refractivity contribution in [1.29, 1.82) is 0 Å². The Kier molecular flexibility index (Phi) is 3.69. The molecule has 3 fully saturated rings. The van der Waals surface area contributed by atoms with Crippen molar-refractivity contribution in [2.45, 2.75) is 63.5 Å². The lowest BCUT2D eigenvalue weighted by molar-refractivity contribution is -0.0144. The first-order chi connectivity index (χ1) is 8.36. The van der Waals surface area contributed by atoms with Crippen molar-refractivity contribution in [3.05, 3.63) is 0 Å². The maximum atomic E-state index is 5.88. The normalized spacial score (nSPS) is 42.9. The summed E-state index contributed by atoms with van der Waals surface area (Å²) in [6, 6.07) is 0.389. The molecule has 1 aliphatic heterocycles. The molecular formula is C14H26N2O. The summed E-state index contributed by atoms with van der Waals surface area (Å²) in [6.45, 7) is 0.930. The van der Waals surface area contributed by atoms with Crippen LogP contribution < -0.4 is 11.3 Å². The zero-order valence-electron chi connectivity index (χ0n) is 10.7. The van der Waals surface area contributed by atoms with Crippen LogP contribution in [0.1, 0.15) is 51.4 Å². The zero-order valence-corrected chi connectivity index (χ0v) is 10.7. The molecule has 2 bridgehead atoms. The predicted octanol–water partition coefficient (Wildman–Crippen LogP) is 2.21. The molecule has 17 heavy (non-hydrogen) atoms. The molecule has 5 unspecified atom stereocenters. The summed E-state index contributed by atoms with van der Waals surface area (Å²) in [5.41, 5.74) is 3.03. The van der Waals surface area contributed by atoms with Crippen LogP contribution in [0.4, 0.5) is 0 Å². The summed E-state index contributed by atoms with van der Waals surface area (Å²) in [5, 5.41) is 0. The highest BCUT2D eigenvalue weighted by molar-refractivity contribution is 4.93. The van der Waals surface area contributed by atoms with Gasteiger partial charge in [0.2, 0.25) is 0 Å². The standard InChI is InChI=1S/C14H26N2O/c15-16-13(14-3-1-2-6-17-14)9-12-8-10-4-5-11(12)7-10/h10-14,16H,1-9,15H2. The summed E-state index contributed by atoms with van der Waals surface area (Å²) in [5.74, 6) is 8.70. The second kappa shape index (κ2) is 5.25. The Morgan fingerprint density at radius 1 is 1.18 bits per heavy atom. The van der Waals surface area contributed by atoms with Gasteiger partial charge in [0, 0.05) is 12.6 Å². The van der Waals surface area contributed by atoms with Crippen molar-refractivity contribution in [3.8, 4) is 0 Å². The van der Waals surface area contributed by atoms with E-state index in [1.54, 1.807) is 0 Å². The SMILES string of the molecule is NNC(CC1CC2CCC1C2)C1CCCCO1. The molecule has 3 heteroatoms. The van der Waals surface area contributed by atoms with Gasteiger partial charge in [-0.1, -0.05) is 6.42 Å². The first-order valence-corrected chi connectivity index (χ1v) is 7.44. The average Bonchev–Trinajstić information content (AvgIpc) is 2.99. The number of hydrogen-bond donors (Lipinski definition) is 2. The third-order valence-electron chi connectivity index (χ3n) is 5.32. The van der Waals surface area contributed by atoms with Gasteiger partial charge in [-0.15, -0.1) is 0 Å². The minimum atomic E-state index is 0.368. The quantitative estimate of drug-likeness (QED) is 0.583. The first-order valence-electron chi connectivity index (χ1n) is 7.44. The Labute approximate surface area is 104 Å². The van der Waals surface area contributed by atoms with Crippen molar-refractivity contribution in [2.24, 2.45) is 23.6 Å². The van der Waals surface area contributed by atoms with E-state index in [1.807, 2.05) is 0 Å². The number of ether oxygens (including phenoxy) is 1. The van der Waals surface area contributed by atoms with Crippen LogP contribution >= 0.6 is 0 Å². The molecule has 3 N–H and O–H groups in total. The molecule has 0 radical (unpaired) electrons. The van der Waals surface area contributed by atoms with Crippen LogP contribution in [0.25, 0.3) is 0 Å². The maximum Gasteiger partial charge on any atom is 0.0741 e. The lowest BCUT2D eigenvalue weighted by Gasteiger charge is -2.33. The molecule has 5 atom stereocenters. The Morgan fingerprint density at radius 2 is 2.12 bits per heavy atom. The molecule has 2 aliphatic carbocycles. The number of hydrazine groups is 1. The lowest BCUT2D eigenvalue weighted by Crippen LogP contribution is -2.47. The van der Waals surface area contributed by atoms with Gasteiger partial charge in [-0.25, -0.2) is 0 Å². The van der Waals surface area contributed by atoms with E-state index in [-0.39, 0.29) is 0 Å². The van der Waals surface area contributed by atoms with Gasteiger partial charge in [0.25, 0.3) is 0 Å². The minimum Gasteiger partial charge on any atom is -0.377 e. The van der Waals surface area contributed by atoms with Crippen molar-refractivity contribution >= 4 is 0 Å². The van der Waals surface area contributed by atoms with Gasteiger partial charge in [0.05, 0.1) is 6.10 Å². The molecule has 0 amide bonds. The Balaban J connectivity index is 1.54. The van der Waals surface area contributed by atoms with E-state index in [1.165, 1.54) is 51.4 Å². The fraction of sp³-hybridized carbons (Fsp3) is 1.00. The topological polar surface area (TPSA) is 47.3 Å². The molecule has 0 aromatic rings. The molecule has 0 spiro atoms. The third-order valence-corrected chi connectivity index (χ3v) is 5.32. The highest BCUT2D eigenvalue weighted by Gasteiger charge is 2.41. The largest absolute Gasteiger partial charge is 0.377 e. The summed E-state index contributed by atoms with van der Waals surface area (Å²) >= 11 is 0. The Morgan fingerprint density at radius 3 is 2.71 bits per heavy atom. The van der Waals surface area contributed by atoms with E-state index >= 15 is 0 Å². The van der Waals surface area contributed by atoms with Crippen molar-refractivity contribution in [3.63, 3.8) is 0 Å². The van der Waals surface area contributed by atoms with Crippen LogP contribution in [0, 0.1) is 17.8 Å². The predicted molar refractivity (Wildman–Crippen MR) is 68.3 cm³/mol. The van der Waals surface area contributed by atoms with Crippen molar-refractivity contribution in [2.75, 3.05) is 6.61 Å². The average molecular weight is 238 g/mol. The van der Waals surface area contributed by atoms with E-state index in [0.29, 0.717) is 12.1 Å². The zero-order chi connectivity index (χ0) is 11.7. The highest BCUT2D eigenvalue weighted by Crippen LogP contribution is 2.50. The van der Waals surface area contributed by atoms with Crippen LogP contribution in [-0.2, 0) is 4.74 Å². The minimum absolute atomic E-state index is 0.368. The summed E-state index contributed by atoms with van der Waals surface area (Å²) in [4.78, 5) is 0.